The number of anilines is 1. The van der Waals surface area contributed by atoms with E-state index >= 15 is 0 Å². The molecule has 0 radical (unpaired) electrons. The van der Waals surface area contributed by atoms with Crippen molar-refractivity contribution in [3.05, 3.63) is 74.4 Å². The van der Waals surface area contributed by atoms with Crippen LogP contribution in [0.4, 0.5) is 5.69 Å². The van der Waals surface area contributed by atoms with Crippen LogP contribution < -0.4 is 21.9 Å². The summed E-state index contributed by atoms with van der Waals surface area (Å²) in [4.78, 5) is 52.2. The number of rotatable bonds is 7. The van der Waals surface area contributed by atoms with Crippen molar-refractivity contribution in [2.24, 2.45) is 5.92 Å². The summed E-state index contributed by atoms with van der Waals surface area (Å²) >= 11 is 0. The first kappa shape index (κ1) is 24.9. The van der Waals surface area contributed by atoms with Gasteiger partial charge in [-0.2, -0.15) is 0 Å². The molecule has 0 atom stereocenters. The van der Waals surface area contributed by atoms with Gasteiger partial charge in [0.05, 0.1) is 10.9 Å². The molecule has 4 aromatic rings. The van der Waals surface area contributed by atoms with Gasteiger partial charge in [-0.05, 0) is 56.5 Å². The van der Waals surface area contributed by atoms with Crippen LogP contribution in [0.2, 0.25) is 0 Å². The highest BCUT2D eigenvalue weighted by molar-refractivity contribution is 5.98. The molecule has 0 aliphatic rings. The maximum absolute atomic E-state index is 13.4. The number of amides is 2. The van der Waals surface area contributed by atoms with Gasteiger partial charge in [0.15, 0.2) is 0 Å². The van der Waals surface area contributed by atoms with Crippen LogP contribution in [0.15, 0.2) is 52.1 Å². The molecule has 0 fully saturated rings. The Labute approximate surface area is 207 Å². The van der Waals surface area contributed by atoms with Gasteiger partial charge in [0.1, 0.15) is 6.54 Å². The van der Waals surface area contributed by atoms with Gasteiger partial charge in [0, 0.05) is 23.8 Å². The zero-order chi connectivity index (χ0) is 26.1. The third kappa shape index (κ3) is 4.66. The molecule has 0 saturated carbocycles. The predicted molar refractivity (Wildman–Crippen MR) is 139 cm³/mol. The van der Waals surface area contributed by atoms with E-state index in [4.69, 9.17) is 0 Å². The van der Waals surface area contributed by atoms with Gasteiger partial charge in [0.2, 0.25) is 11.7 Å². The normalized spacial score (nSPS) is 11.5. The first-order chi connectivity index (χ1) is 17.1. The van der Waals surface area contributed by atoms with Gasteiger partial charge in [-0.15, -0.1) is 5.10 Å². The average molecular weight is 491 g/mol. The maximum atomic E-state index is 13.4. The molecule has 2 aromatic heterocycles. The molecule has 0 unspecified atom stereocenters. The smallest absolute Gasteiger partial charge is 0.352 e. The van der Waals surface area contributed by atoms with Crippen molar-refractivity contribution >= 4 is 34.2 Å². The van der Waals surface area contributed by atoms with E-state index in [1.807, 2.05) is 52.8 Å². The molecular formula is C26H30N6O4. The van der Waals surface area contributed by atoms with Crippen molar-refractivity contribution < 1.29 is 9.59 Å². The van der Waals surface area contributed by atoms with Gasteiger partial charge in [-0.25, -0.2) is 13.9 Å². The Morgan fingerprint density at radius 3 is 2.42 bits per heavy atom. The Hall–Kier alpha value is -4.21. The summed E-state index contributed by atoms with van der Waals surface area (Å²) in [6.45, 7) is 9.63. The monoisotopic (exact) mass is 490 g/mol. The number of hydrogen-bond donors (Lipinski definition) is 2. The van der Waals surface area contributed by atoms with Crippen LogP contribution >= 0.6 is 0 Å². The lowest BCUT2D eigenvalue weighted by Gasteiger charge is -2.13. The Morgan fingerprint density at radius 1 is 1.03 bits per heavy atom. The zero-order valence-electron chi connectivity index (χ0n) is 21.0. The third-order valence-corrected chi connectivity index (χ3v) is 5.89. The van der Waals surface area contributed by atoms with Gasteiger partial charge in [-0.3, -0.25) is 19.0 Å². The summed E-state index contributed by atoms with van der Waals surface area (Å²) in [6.07, 6.45) is 0. The van der Waals surface area contributed by atoms with E-state index in [1.54, 1.807) is 18.2 Å². The summed E-state index contributed by atoms with van der Waals surface area (Å²) < 4.78 is 3.74. The molecule has 188 valence electrons. The first-order valence-electron chi connectivity index (χ1n) is 11.9. The first-order valence-corrected chi connectivity index (χ1v) is 11.9. The summed E-state index contributed by atoms with van der Waals surface area (Å²) in [7, 11) is 0. The van der Waals surface area contributed by atoms with Crippen LogP contribution in [0.1, 0.15) is 49.7 Å². The van der Waals surface area contributed by atoms with E-state index in [2.05, 4.69) is 15.7 Å². The van der Waals surface area contributed by atoms with Gasteiger partial charge >= 0.3 is 5.69 Å². The number of fused-ring (bicyclic) bond motifs is 3. The quantitative estimate of drug-likeness (QED) is 0.413. The van der Waals surface area contributed by atoms with Crippen LogP contribution in [0, 0.1) is 12.8 Å². The van der Waals surface area contributed by atoms with Gasteiger partial charge in [0.25, 0.3) is 11.5 Å². The number of hydrogen-bond acceptors (Lipinski definition) is 5. The molecule has 10 nitrogen and oxygen atoms in total. The Balaban J connectivity index is 1.83. The summed E-state index contributed by atoms with van der Waals surface area (Å²) in [6, 6.07) is 11.7. The summed E-state index contributed by atoms with van der Waals surface area (Å²) in [5.74, 6) is -0.349. The minimum atomic E-state index is -0.580. The number of carbonyl (C=O) groups is 2. The van der Waals surface area contributed by atoms with Crippen molar-refractivity contribution in [3.63, 3.8) is 0 Å². The summed E-state index contributed by atoms with van der Waals surface area (Å²) in [5.41, 5.74) is 1.20. The lowest BCUT2D eigenvalue weighted by atomic mass is 10.1. The fourth-order valence-electron chi connectivity index (χ4n) is 4.03. The van der Waals surface area contributed by atoms with Gasteiger partial charge < -0.3 is 10.6 Å². The molecule has 4 rings (SSSR count). The number of nitrogens with zero attached hydrogens (tertiary/aromatic N) is 4. The highest BCUT2D eigenvalue weighted by Gasteiger charge is 2.21. The molecule has 2 amide bonds. The highest BCUT2D eigenvalue weighted by atomic mass is 16.2. The molecule has 0 aliphatic carbocycles. The highest BCUT2D eigenvalue weighted by Crippen LogP contribution is 2.17. The van der Waals surface area contributed by atoms with Crippen LogP contribution in [-0.2, 0) is 11.3 Å². The molecule has 2 heterocycles. The molecule has 10 heteroatoms. The second kappa shape index (κ2) is 9.80. The average Bonchev–Trinajstić information content (AvgIpc) is 3.13. The molecule has 0 spiro atoms. The van der Waals surface area contributed by atoms with Crippen LogP contribution in [0.5, 0.6) is 0 Å². The third-order valence-electron chi connectivity index (χ3n) is 5.89. The number of aromatic nitrogens is 4. The minimum Gasteiger partial charge on any atom is -0.352 e. The van der Waals surface area contributed by atoms with E-state index < -0.39 is 11.6 Å². The minimum absolute atomic E-state index is 0.107. The van der Waals surface area contributed by atoms with Crippen molar-refractivity contribution in [1.82, 2.24) is 24.1 Å². The molecule has 2 N–H and O–H groups in total. The number of aryl methyl sites for hydroxylation is 1. The Bertz CT molecular complexity index is 1590. The Kier molecular flexibility index (Phi) is 6.78. The standard InChI is InChI=1S/C26H30N6O4/c1-15(2)13-27-23(34)18-10-11-19-21(12-18)32-25(31(16(3)4)24(19)35)29-30(26(32)36)14-22(33)28-20-9-7-6-8-17(20)5/h6-12,15-16H,13-14H2,1-5H3,(H,27,34)(H,28,33). The molecule has 2 aromatic carbocycles. The molecule has 0 saturated heterocycles. The molecular weight excluding hydrogens is 460 g/mol. The summed E-state index contributed by atoms with van der Waals surface area (Å²) in [5, 5.41) is 10.3. The van der Waals surface area contributed by atoms with Crippen LogP contribution in [-0.4, -0.2) is 37.1 Å². The van der Waals surface area contributed by atoms with Crippen molar-refractivity contribution in [3.8, 4) is 0 Å². The lowest BCUT2D eigenvalue weighted by molar-refractivity contribution is -0.117. The maximum Gasteiger partial charge on any atom is 0.352 e. The second-order valence-corrected chi connectivity index (χ2v) is 9.54. The predicted octanol–water partition coefficient (Wildman–Crippen LogP) is 2.72. The number of para-hydroxylation sites is 1. The molecule has 0 bridgehead atoms. The lowest BCUT2D eigenvalue weighted by Crippen LogP contribution is -2.30. The Morgan fingerprint density at radius 2 is 1.75 bits per heavy atom. The largest absolute Gasteiger partial charge is 0.352 e. The van der Waals surface area contributed by atoms with E-state index in [0.717, 1.165) is 10.2 Å². The van der Waals surface area contributed by atoms with Crippen LogP contribution in [0.25, 0.3) is 16.7 Å². The number of benzene rings is 2. The van der Waals surface area contributed by atoms with Crippen molar-refractivity contribution in [2.75, 3.05) is 11.9 Å². The zero-order valence-corrected chi connectivity index (χ0v) is 21.0. The van der Waals surface area contributed by atoms with E-state index in [0.29, 0.717) is 17.8 Å². The van der Waals surface area contributed by atoms with E-state index in [-0.39, 0.29) is 46.7 Å². The van der Waals surface area contributed by atoms with Crippen molar-refractivity contribution in [2.45, 2.75) is 47.2 Å². The van der Waals surface area contributed by atoms with Crippen LogP contribution in [0.3, 0.4) is 0 Å². The van der Waals surface area contributed by atoms with E-state index in [1.165, 1.54) is 15.0 Å². The number of nitrogens with one attached hydrogen (secondary N) is 2. The fourth-order valence-corrected chi connectivity index (χ4v) is 4.03. The fraction of sp³-hybridized carbons (Fsp3) is 0.346. The molecule has 0 aliphatic heterocycles. The van der Waals surface area contributed by atoms with Gasteiger partial charge in [-0.1, -0.05) is 32.0 Å². The number of carbonyl (C=O) groups excluding carboxylic acids is 2. The molecule has 36 heavy (non-hydrogen) atoms. The van der Waals surface area contributed by atoms with E-state index in [9.17, 15) is 19.2 Å². The SMILES string of the molecule is Cc1ccccc1NC(=O)Cn1nc2n(C(C)C)c(=O)c3ccc(C(=O)NCC(C)C)cc3n2c1=O. The van der Waals surface area contributed by atoms with Crippen molar-refractivity contribution in [1.29, 1.82) is 0 Å². The second-order valence-electron chi connectivity index (χ2n) is 9.54. The topological polar surface area (TPSA) is 120 Å².